The molecule has 2 aromatic carbocycles. The van der Waals surface area contributed by atoms with Crippen molar-refractivity contribution in [2.45, 2.75) is 12.8 Å². The summed E-state index contributed by atoms with van der Waals surface area (Å²) in [6.07, 6.45) is 1.43. The molecule has 1 fully saturated rings. The van der Waals surface area contributed by atoms with Crippen molar-refractivity contribution >= 4 is 34.8 Å². The van der Waals surface area contributed by atoms with E-state index in [-0.39, 0.29) is 12.5 Å². The molecule has 0 saturated carbocycles. The highest BCUT2D eigenvalue weighted by Crippen LogP contribution is 2.23. The number of ether oxygens (including phenoxy) is 1. The third kappa shape index (κ3) is 4.68. The number of benzene rings is 2. The second kappa shape index (κ2) is 8.56. The van der Waals surface area contributed by atoms with Crippen LogP contribution in [0.15, 0.2) is 48.5 Å². The van der Waals surface area contributed by atoms with Crippen LogP contribution in [0, 0.1) is 0 Å². The van der Waals surface area contributed by atoms with Crippen LogP contribution in [0.25, 0.3) is 0 Å². The predicted octanol–water partition coefficient (Wildman–Crippen LogP) is 2.67. The van der Waals surface area contributed by atoms with Crippen molar-refractivity contribution in [3.63, 3.8) is 0 Å². The van der Waals surface area contributed by atoms with Gasteiger partial charge in [-0.25, -0.2) is 4.79 Å². The van der Waals surface area contributed by atoms with Crippen LogP contribution in [0.3, 0.4) is 0 Å². The van der Waals surface area contributed by atoms with Crippen molar-refractivity contribution in [2.75, 3.05) is 42.4 Å². The average Bonchev–Trinajstić information content (AvgIpc) is 3.12. The second-order valence-corrected chi connectivity index (χ2v) is 6.76. The average molecular weight is 381 g/mol. The molecule has 1 heterocycles. The van der Waals surface area contributed by atoms with Gasteiger partial charge in [0.25, 0.3) is 5.91 Å². The molecule has 0 aliphatic carbocycles. The van der Waals surface area contributed by atoms with Crippen molar-refractivity contribution in [3.8, 4) is 0 Å². The van der Waals surface area contributed by atoms with Gasteiger partial charge in [-0.2, -0.15) is 0 Å². The maximum Gasteiger partial charge on any atom is 0.338 e. The Hall–Kier alpha value is -3.35. The van der Waals surface area contributed by atoms with Gasteiger partial charge in [0.05, 0.1) is 5.56 Å². The number of carbonyl (C=O) groups is 3. The van der Waals surface area contributed by atoms with Gasteiger partial charge >= 0.3 is 5.97 Å². The van der Waals surface area contributed by atoms with E-state index in [0.29, 0.717) is 17.7 Å². The number of esters is 1. The molecule has 0 aromatic heterocycles. The van der Waals surface area contributed by atoms with E-state index in [4.69, 9.17) is 4.74 Å². The third-order valence-electron chi connectivity index (χ3n) is 4.47. The summed E-state index contributed by atoms with van der Waals surface area (Å²) >= 11 is 0. The fraction of sp³-hybridized carbons (Fsp3) is 0.286. The summed E-state index contributed by atoms with van der Waals surface area (Å²) in [5.74, 6) is -0.870. The molecule has 1 N–H and O–H groups in total. The highest BCUT2D eigenvalue weighted by Gasteiger charge is 2.21. The van der Waals surface area contributed by atoms with E-state index in [9.17, 15) is 14.4 Å². The molecule has 2 aromatic rings. The van der Waals surface area contributed by atoms with E-state index in [0.717, 1.165) is 24.3 Å². The first-order valence-corrected chi connectivity index (χ1v) is 9.09. The molecule has 1 aliphatic heterocycles. The molecular weight excluding hydrogens is 358 g/mol. The zero-order valence-electron chi connectivity index (χ0n) is 16.0. The van der Waals surface area contributed by atoms with Gasteiger partial charge in [-0.3, -0.25) is 9.59 Å². The Morgan fingerprint density at radius 1 is 1.14 bits per heavy atom. The quantitative estimate of drug-likeness (QED) is 0.779. The molecular formula is C21H23N3O4. The fourth-order valence-corrected chi connectivity index (χ4v) is 2.97. The Bertz CT molecular complexity index is 877. The third-order valence-corrected chi connectivity index (χ3v) is 4.47. The lowest BCUT2D eigenvalue weighted by atomic mass is 10.2. The number of anilines is 3. The molecule has 3 rings (SSSR count). The lowest BCUT2D eigenvalue weighted by Gasteiger charge is -2.16. The SMILES string of the molecule is CN(C)c1cccc(C(=O)OCC(=O)Nc2ccc(N3CCCC3=O)cc2)c1. The number of amides is 2. The van der Waals surface area contributed by atoms with E-state index < -0.39 is 11.9 Å². The molecule has 0 bridgehead atoms. The minimum atomic E-state index is -0.554. The summed E-state index contributed by atoms with van der Waals surface area (Å²) in [6.45, 7) is 0.340. The Morgan fingerprint density at radius 3 is 2.54 bits per heavy atom. The first kappa shape index (κ1) is 19.4. The first-order chi connectivity index (χ1) is 13.4. The van der Waals surface area contributed by atoms with Gasteiger partial charge in [0.2, 0.25) is 5.91 Å². The summed E-state index contributed by atoms with van der Waals surface area (Å²) < 4.78 is 5.09. The van der Waals surface area contributed by atoms with Crippen LogP contribution in [-0.4, -0.2) is 45.0 Å². The maximum atomic E-state index is 12.1. The van der Waals surface area contributed by atoms with Crippen molar-refractivity contribution < 1.29 is 19.1 Å². The van der Waals surface area contributed by atoms with Crippen LogP contribution in [0.2, 0.25) is 0 Å². The van der Waals surface area contributed by atoms with E-state index in [1.165, 1.54) is 0 Å². The zero-order chi connectivity index (χ0) is 20.1. The number of hydrogen-bond donors (Lipinski definition) is 1. The minimum absolute atomic E-state index is 0.113. The molecule has 7 nitrogen and oxygen atoms in total. The van der Waals surface area contributed by atoms with E-state index in [1.807, 2.05) is 25.1 Å². The van der Waals surface area contributed by atoms with Gasteiger partial charge in [-0.15, -0.1) is 0 Å². The molecule has 2 amide bonds. The van der Waals surface area contributed by atoms with Crippen molar-refractivity contribution in [2.24, 2.45) is 0 Å². The zero-order valence-corrected chi connectivity index (χ0v) is 16.0. The molecule has 1 saturated heterocycles. The van der Waals surface area contributed by atoms with Crippen LogP contribution in [0.5, 0.6) is 0 Å². The van der Waals surface area contributed by atoms with E-state index in [1.54, 1.807) is 47.4 Å². The Morgan fingerprint density at radius 2 is 1.89 bits per heavy atom. The number of carbonyl (C=O) groups excluding carboxylic acids is 3. The molecule has 0 radical (unpaired) electrons. The molecule has 1 aliphatic rings. The predicted molar refractivity (Wildman–Crippen MR) is 108 cm³/mol. The van der Waals surface area contributed by atoms with Gasteiger partial charge in [0, 0.05) is 44.1 Å². The summed E-state index contributed by atoms with van der Waals surface area (Å²) in [5, 5.41) is 2.68. The number of rotatable bonds is 6. The number of nitrogens with one attached hydrogen (secondary N) is 1. The largest absolute Gasteiger partial charge is 0.452 e. The normalized spacial score (nSPS) is 13.4. The number of nitrogens with zero attached hydrogens (tertiary/aromatic N) is 2. The molecule has 0 atom stereocenters. The van der Waals surface area contributed by atoms with Gasteiger partial charge in [-0.05, 0) is 48.9 Å². The monoisotopic (exact) mass is 381 g/mol. The molecule has 28 heavy (non-hydrogen) atoms. The minimum Gasteiger partial charge on any atom is -0.452 e. The van der Waals surface area contributed by atoms with Gasteiger partial charge in [0.15, 0.2) is 6.61 Å². The summed E-state index contributed by atoms with van der Waals surface area (Å²) in [4.78, 5) is 39.6. The van der Waals surface area contributed by atoms with Crippen LogP contribution in [-0.2, 0) is 14.3 Å². The summed E-state index contributed by atoms with van der Waals surface area (Å²) in [6, 6.07) is 14.0. The highest BCUT2D eigenvalue weighted by molar-refractivity contribution is 5.97. The Balaban J connectivity index is 1.52. The van der Waals surface area contributed by atoms with E-state index in [2.05, 4.69) is 5.32 Å². The van der Waals surface area contributed by atoms with Crippen LogP contribution in [0.4, 0.5) is 17.1 Å². The van der Waals surface area contributed by atoms with E-state index >= 15 is 0 Å². The number of hydrogen-bond acceptors (Lipinski definition) is 5. The summed E-state index contributed by atoms with van der Waals surface area (Å²) in [5.41, 5.74) is 2.65. The second-order valence-electron chi connectivity index (χ2n) is 6.76. The van der Waals surface area contributed by atoms with Crippen LogP contribution < -0.4 is 15.1 Å². The smallest absolute Gasteiger partial charge is 0.338 e. The Labute approximate surface area is 163 Å². The van der Waals surface area contributed by atoms with Crippen LogP contribution in [0.1, 0.15) is 23.2 Å². The van der Waals surface area contributed by atoms with Crippen LogP contribution >= 0.6 is 0 Å². The first-order valence-electron chi connectivity index (χ1n) is 9.09. The van der Waals surface area contributed by atoms with Crippen molar-refractivity contribution in [3.05, 3.63) is 54.1 Å². The topological polar surface area (TPSA) is 79.0 Å². The Kier molecular flexibility index (Phi) is 5.93. The molecule has 146 valence electrons. The van der Waals surface area contributed by atoms with Crippen molar-refractivity contribution in [1.82, 2.24) is 0 Å². The maximum absolute atomic E-state index is 12.1. The lowest BCUT2D eigenvalue weighted by molar-refractivity contribution is -0.119. The fourth-order valence-electron chi connectivity index (χ4n) is 2.97. The lowest BCUT2D eigenvalue weighted by Crippen LogP contribution is -2.24. The van der Waals surface area contributed by atoms with Gasteiger partial charge in [-0.1, -0.05) is 6.07 Å². The summed E-state index contributed by atoms with van der Waals surface area (Å²) in [7, 11) is 3.76. The molecule has 7 heteroatoms. The van der Waals surface area contributed by atoms with Gasteiger partial charge < -0.3 is 19.9 Å². The van der Waals surface area contributed by atoms with Gasteiger partial charge in [0.1, 0.15) is 0 Å². The molecule has 0 unspecified atom stereocenters. The molecule has 0 spiro atoms. The highest BCUT2D eigenvalue weighted by atomic mass is 16.5. The standard InChI is InChI=1S/C21H23N3O4/c1-23(2)18-6-3-5-15(13-18)21(27)28-14-19(25)22-16-8-10-17(11-9-16)24-12-4-7-20(24)26/h3,5-6,8-11,13H,4,7,12,14H2,1-2H3,(H,22,25). The van der Waals surface area contributed by atoms with Crippen molar-refractivity contribution in [1.29, 1.82) is 0 Å².